The third-order valence-electron chi connectivity index (χ3n) is 2.51. The first kappa shape index (κ1) is 14.3. The fourth-order valence-electron chi connectivity index (χ4n) is 1.59. The number of halogens is 3. The number of rotatable bonds is 2. The Balaban J connectivity index is 2.34. The summed E-state index contributed by atoms with van der Waals surface area (Å²) < 4.78 is 37.9. The minimum absolute atomic E-state index is 0.340. The lowest BCUT2D eigenvalue weighted by atomic mass is 10.2. The molecule has 0 saturated carbocycles. The molecule has 102 valence electrons. The quantitative estimate of drug-likeness (QED) is 0.840. The molecule has 2 aromatic carbocycles. The third-order valence-corrected chi connectivity index (χ3v) is 3.58. The van der Waals surface area contributed by atoms with Gasteiger partial charge in [-0.25, -0.2) is 0 Å². The normalized spacial score (nSPS) is 11.1. The van der Waals surface area contributed by atoms with E-state index in [1.807, 2.05) is 6.07 Å². The van der Waals surface area contributed by atoms with Crippen LogP contribution >= 0.6 is 11.8 Å². The molecule has 0 spiro atoms. The van der Waals surface area contributed by atoms with Gasteiger partial charge in [0.1, 0.15) is 6.07 Å². The largest absolute Gasteiger partial charge is 0.416 e. The molecule has 0 atom stereocenters. The molecule has 0 saturated heterocycles. The molecule has 0 radical (unpaired) electrons. The number of nitrogens with zero attached hydrogens (tertiary/aromatic N) is 1. The van der Waals surface area contributed by atoms with Crippen LogP contribution in [-0.4, -0.2) is 0 Å². The molecule has 2 nitrogen and oxygen atoms in total. The van der Waals surface area contributed by atoms with E-state index >= 15 is 0 Å². The monoisotopic (exact) mass is 294 g/mol. The van der Waals surface area contributed by atoms with Crippen LogP contribution in [0, 0.1) is 11.3 Å². The molecule has 0 fully saturated rings. The predicted octanol–water partition coefficient (Wildman–Crippen LogP) is 4.31. The lowest BCUT2D eigenvalue weighted by Crippen LogP contribution is -2.04. The molecule has 0 heterocycles. The maximum absolute atomic E-state index is 12.6. The zero-order valence-corrected chi connectivity index (χ0v) is 10.9. The van der Waals surface area contributed by atoms with Gasteiger partial charge in [-0.1, -0.05) is 17.8 Å². The molecule has 2 rings (SSSR count). The number of anilines is 1. The van der Waals surface area contributed by atoms with E-state index in [-0.39, 0.29) is 0 Å². The van der Waals surface area contributed by atoms with Crippen LogP contribution in [0.5, 0.6) is 0 Å². The molecule has 0 aromatic heterocycles. The Bertz CT molecular complexity index is 675. The molecular formula is C14H9F3N2S. The summed E-state index contributed by atoms with van der Waals surface area (Å²) in [5.41, 5.74) is 5.64. The van der Waals surface area contributed by atoms with Crippen LogP contribution in [0.25, 0.3) is 0 Å². The number of hydrogen-bond acceptors (Lipinski definition) is 3. The first-order valence-corrected chi connectivity index (χ1v) is 6.36. The van der Waals surface area contributed by atoms with E-state index in [0.29, 0.717) is 21.0 Å². The van der Waals surface area contributed by atoms with Gasteiger partial charge in [-0.3, -0.25) is 0 Å². The standard InChI is InChI=1S/C14H9F3N2S/c15-14(16,17)10-2-1-3-12(7-10)20-13-5-4-11(19)6-9(13)8-18/h1-7H,19H2. The molecule has 6 heteroatoms. The fourth-order valence-corrected chi connectivity index (χ4v) is 2.52. The molecule has 20 heavy (non-hydrogen) atoms. The first-order chi connectivity index (χ1) is 9.40. The first-order valence-electron chi connectivity index (χ1n) is 5.55. The summed E-state index contributed by atoms with van der Waals surface area (Å²) in [7, 11) is 0. The van der Waals surface area contributed by atoms with Crippen molar-refractivity contribution in [1.29, 1.82) is 5.26 Å². The second-order valence-corrected chi connectivity index (χ2v) is 5.11. The highest BCUT2D eigenvalue weighted by Gasteiger charge is 2.30. The molecule has 0 unspecified atom stereocenters. The van der Waals surface area contributed by atoms with E-state index in [9.17, 15) is 13.2 Å². The lowest BCUT2D eigenvalue weighted by molar-refractivity contribution is -0.137. The lowest BCUT2D eigenvalue weighted by Gasteiger charge is -2.09. The molecule has 0 aliphatic rings. The van der Waals surface area contributed by atoms with Crippen molar-refractivity contribution >= 4 is 17.4 Å². The Morgan fingerprint density at radius 3 is 2.50 bits per heavy atom. The van der Waals surface area contributed by atoms with Gasteiger partial charge in [0, 0.05) is 15.5 Å². The van der Waals surface area contributed by atoms with Gasteiger partial charge in [0.05, 0.1) is 11.1 Å². The Hall–Kier alpha value is -2.13. The van der Waals surface area contributed by atoms with Crippen LogP contribution in [0.3, 0.4) is 0 Å². The highest BCUT2D eigenvalue weighted by Crippen LogP contribution is 2.35. The van der Waals surface area contributed by atoms with Crippen LogP contribution in [-0.2, 0) is 6.18 Å². The summed E-state index contributed by atoms with van der Waals surface area (Å²) in [6, 6.07) is 11.7. The average Bonchev–Trinajstić information content (AvgIpc) is 2.40. The van der Waals surface area contributed by atoms with Gasteiger partial charge in [-0.15, -0.1) is 0 Å². The molecule has 0 amide bonds. The van der Waals surface area contributed by atoms with Crippen molar-refractivity contribution in [1.82, 2.24) is 0 Å². The van der Waals surface area contributed by atoms with Crippen LogP contribution in [0.2, 0.25) is 0 Å². The maximum Gasteiger partial charge on any atom is 0.416 e. The Morgan fingerprint density at radius 2 is 1.85 bits per heavy atom. The smallest absolute Gasteiger partial charge is 0.399 e. The summed E-state index contributed by atoms with van der Waals surface area (Å²) >= 11 is 1.10. The zero-order valence-electron chi connectivity index (χ0n) is 10.1. The Kier molecular flexibility index (Phi) is 3.91. The predicted molar refractivity (Wildman–Crippen MR) is 71.1 cm³/mol. The summed E-state index contributed by atoms with van der Waals surface area (Å²) in [6.07, 6.45) is -4.38. The third kappa shape index (κ3) is 3.25. The number of benzene rings is 2. The van der Waals surface area contributed by atoms with Crippen molar-refractivity contribution in [3.63, 3.8) is 0 Å². The fraction of sp³-hybridized carbons (Fsp3) is 0.0714. The summed E-state index contributed by atoms with van der Waals surface area (Å²) in [4.78, 5) is 0.988. The topological polar surface area (TPSA) is 49.8 Å². The van der Waals surface area contributed by atoms with E-state index in [2.05, 4.69) is 0 Å². The van der Waals surface area contributed by atoms with E-state index in [0.717, 1.165) is 23.9 Å². The summed E-state index contributed by atoms with van der Waals surface area (Å²) in [6.45, 7) is 0. The van der Waals surface area contributed by atoms with Gasteiger partial charge in [-0.05, 0) is 36.4 Å². The van der Waals surface area contributed by atoms with E-state index < -0.39 is 11.7 Å². The van der Waals surface area contributed by atoms with Crippen molar-refractivity contribution in [3.05, 3.63) is 53.6 Å². The summed E-state index contributed by atoms with van der Waals surface area (Å²) in [5.74, 6) is 0. The number of nitrogen functional groups attached to an aromatic ring is 1. The zero-order chi connectivity index (χ0) is 14.8. The van der Waals surface area contributed by atoms with Crippen molar-refractivity contribution < 1.29 is 13.2 Å². The van der Waals surface area contributed by atoms with E-state index in [4.69, 9.17) is 11.0 Å². The van der Waals surface area contributed by atoms with Gasteiger partial charge in [0.15, 0.2) is 0 Å². The van der Waals surface area contributed by atoms with Gasteiger partial charge in [0.25, 0.3) is 0 Å². The molecular weight excluding hydrogens is 285 g/mol. The van der Waals surface area contributed by atoms with Crippen LogP contribution in [0.4, 0.5) is 18.9 Å². The van der Waals surface area contributed by atoms with Crippen molar-refractivity contribution in [2.75, 3.05) is 5.73 Å². The van der Waals surface area contributed by atoms with Gasteiger partial charge in [-0.2, -0.15) is 18.4 Å². The highest BCUT2D eigenvalue weighted by molar-refractivity contribution is 7.99. The second-order valence-electron chi connectivity index (χ2n) is 4.00. The SMILES string of the molecule is N#Cc1cc(N)ccc1Sc1cccc(C(F)(F)F)c1. The van der Waals surface area contributed by atoms with Crippen LogP contribution in [0.15, 0.2) is 52.3 Å². The average molecular weight is 294 g/mol. The minimum atomic E-state index is -4.38. The minimum Gasteiger partial charge on any atom is -0.399 e. The number of hydrogen-bond donors (Lipinski definition) is 1. The Labute approximate surface area is 118 Å². The summed E-state index contributed by atoms with van der Waals surface area (Å²) in [5, 5.41) is 9.01. The van der Waals surface area contributed by atoms with Gasteiger partial charge >= 0.3 is 6.18 Å². The number of alkyl halides is 3. The van der Waals surface area contributed by atoms with Crippen molar-refractivity contribution in [2.24, 2.45) is 0 Å². The molecule has 0 bridgehead atoms. The van der Waals surface area contributed by atoms with Crippen LogP contribution < -0.4 is 5.73 Å². The Morgan fingerprint density at radius 1 is 1.10 bits per heavy atom. The molecule has 0 aliphatic heterocycles. The van der Waals surface area contributed by atoms with Crippen LogP contribution in [0.1, 0.15) is 11.1 Å². The molecule has 2 N–H and O–H groups in total. The second kappa shape index (κ2) is 5.47. The number of nitrogens with two attached hydrogens (primary N) is 1. The molecule has 2 aromatic rings. The maximum atomic E-state index is 12.6. The highest BCUT2D eigenvalue weighted by atomic mass is 32.2. The van der Waals surface area contributed by atoms with E-state index in [1.165, 1.54) is 12.1 Å². The van der Waals surface area contributed by atoms with Crippen molar-refractivity contribution in [2.45, 2.75) is 16.0 Å². The molecule has 0 aliphatic carbocycles. The van der Waals surface area contributed by atoms with Gasteiger partial charge in [0.2, 0.25) is 0 Å². The van der Waals surface area contributed by atoms with E-state index in [1.54, 1.807) is 18.2 Å². The van der Waals surface area contributed by atoms with Gasteiger partial charge < -0.3 is 5.73 Å². The number of nitriles is 1. The van der Waals surface area contributed by atoms with Crippen molar-refractivity contribution in [3.8, 4) is 6.07 Å².